The second kappa shape index (κ2) is 31.3. The van der Waals surface area contributed by atoms with Gasteiger partial charge in [0.15, 0.2) is 0 Å². The molecule has 0 heterocycles. The predicted octanol–water partition coefficient (Wildman–Crippen LogP) is 0.651. The Labute approximate surface area is 223 Å². The third-order valence-electron chi connectivity index (χ3n) is 4.41. The highest BCUT2D eigenvalue weighted by molar-refractivity contribution is 5.69. The van der Waals surface area contributed by atoms with E-state index in [-0.39, 0.29) is 12.4 Å². The van der Waals surface area contributed by atoms with Crippen LogP contribution in [0.25, 0.3) is 0 Å². The van der Waals surface area contributed by atoms with Crippen LogP contribution in [0.5, 0.6) is 0 Å². The van der Waals surface area contributed by atoms with Gasteiger partial charge in [-0.3, -0.25) is 4.79 Å². The van der Waals surface area contributed by atoms with Crippen LogP contribution in [0.2, 0.25) is 0 Å². The van der Waals surface area contributed by atoms with Crippen LogP contribution in [0.4, 0.5) is 0 Å². The number of carbonyl (C=O) groups is 1. The number of hydrogen-bond acceptors (Lipinski definition) is 12. The van der Waals surface area contributed by atoms with Crippen molar-refractivity contribution in [1.82, 2.24) is 4.90 Å². The molecule has 0 amide bonds. The highest BCUT2D eigenvalue weighted by Gasteiger charge is 2.00. The van der Waals surface area contributed by atoms with Crippen LogP contribution in [-0.2, 0) is 52.2 Å². The van der Waals surface area contributed by atoms with Gasteiger partial charge in [0.05, 0.1) is 132 Å². The minimum absolute atomic E-state index is 0.247. The summed E-state index contributed by atoms with van der Waals surface area (Å²) >= 11 is 0. The Morgan fingerprint density at radius 2 is 0.730 bits per heavy atom. The molecule has 37 heavy (non-hydrogen) atoms. The van der Waals surface area contributed by atoms with E-state index in [1.54, 1.807) is 6.92 Å². The molecule has 12 nitrogen and oxygen atoms in total. The van der Waals surface area contributed by atoms with E-state index in [1.807, 2.05) is 14.1 Å². The first kappa shape index (κ1) is 36.1. The Kier molecular flexibility index (Phi) is 30.5. The monoisotopic (exact) mass is 541 g/mol. The summed E-state index contributed by atoms with van der Waals surface area (Å²) in [7, 11) is 4.03. The molecule has 0 bridgehead atoms. The van der Waals surface area contributed by atoms with Crippen molar-refractivity contribution in [2.75, 3.05) is 146 Å². The van der Waals surface area contributed by atoms with Crippen molar-refractivity contribution in [2.24, 2.45) is 0 Å². The Morgan fingerprint density at radius 3 is 1.00 bits per heavy atom. The molecule has 0 fully saturated rings. The SMILES string of the molecule is CCOC(=O)CCOCCOCCOCCOCCOCCOCCOCCOCCOCCN(C)C. The summed E-state index contributed by atoms with van der Waals surface area (Å²) in [6.45, 7) is 12.4. The largest absolute Gasteiger partial charge is 0.466 e. The smallest absolute Gasteiger partial charge is 0.308 e. The zero-order chi connectivity index (χ0) is 27.1. The molecule has 0 unspecified atom stereocenters. The van der Waals surface area contributed by atoms with Crippen LogP contribution in [0, 0.1) is 0 Å². The van der Waals surface area contributed by atoms with Crippen molar-refractivity contribution in [3.05, 3.63) is 0 Å². The summed E-state index contributed by atoms with van der Waals surface area (Å²) in [5.41, 5.74) is 0. The van der Waals surface area contributed by atoms with Crippen LogP contribution in [0.3, 0.4) is 0 Å². The van der Waals surface area contributed by atoms with Gasteiger partial charge in [-0.05, 0) is 21.0 Å². The van der Waals surface area contributed by atoms with Crippen LogP contribution < -0.4 is 0 Å². The van der Waals surface area contributed by atoms with Crippen molar-refractivity contribution in [3.8, 4) is 0 Å². The van der Waals surface area contributed by atoms with Gasteiger partial charge in [0.25, 0.3) is 0 Å². The van der Waals surface area contributed by atoms with E-state index in [4.69, 9.17) is 47.4 Å². The number of nitrogens with zero attached hydrogens (tertiary/aromatic N) is 1. The molecule has 0 aliphatic rings. The maximum absolute atomic E-state index is 11.1. The minimum Gasteiger partial charge on any atom is -0.466 e. The average Bonchev–Trinajstić information content (AvgIpc) is 2.87. The molecule has 0 rings (SSSR count). The van der Waals surface area contributed by atoms with E-state index in [1.165, 1.54) is 0 Å². The summed E-state index contributed by atoms with van der Waals surface area (Å²) < 4.78 is 53.5. The summed E-state index contributed by atoms with van der Waals surface area (Å²) in [5, 5.41) is 0. The first-order valence-corrected chi connectivity index (χ1v) is 13.2. The third-order valence-corrected chi connectivity index (χ3v) is 4.41. The van der Waals surface area contributed by atoms with Gasteiger partial charge in [-0.15, -0.1) is 0 Å². The fourth-order valence-corrected chi connectivity index (χ4v) is 2.50. The summed E-state index contributed by atoms with van der Waals surface area (Å²) in [6.07, 6.45) is 0.261. The van der Waals surface area contributed by atoms with Crippen LogP contribution in [-0.4, -0.2) is 157 Å². The van der Waals surface area contributed by atoms with E-state index >= 15 is 0 Å². The van der Waals surface area contributed by atoms with Gasteiger partial charge >= 0.3 is 5.97 Å². The molecule has 0 saturated carbocycles. The number of likely N-dealkylation sites (N-methyl/N-ethyl adjacent to an activating group) is 1. The topological polar surface area (TPSA) is 113 Å². The van der Waals surface area contributed by atoms with Gasteiger partial charge in [-0.25, -0.2) is 0 Å². The molecular weight excluding hydrogens is 490 g/mol. The Morgan fingerprint density at radius 1 is 0.459 bits per heavy atom. The Balaban J connectivity index is 3.05. The Bertz CT molecular complexity index is 458. The molecule has 12 heteroatoms. The number of esters is 1. The normalized spacial score (nSPS) is 11.5. The molecule has 0 N–H and O–H groups in total. The molecule has 0 aromatic heterocycles. The molecule has 0 saturated heterocycles. The molecule has 0 radical (unpaired) electrons. The highest BCUT2D eigenvalue weighted by atomic mass is 16.6. The zero-order valence-corrected chi connectivity index (χ0v) is 23.3. The average molecular weight is 542 g/mol. The van der Waals surface area contributed by atoms with Crippen molar-refractivity contribution in [1.29, 1.82) is 0 Å². The van der Waals surface area contributed by atoms with Crippen molar-refractivity contribution < 1.29 is 52.2 Å². The first-order valence-electron chi connectivity index (χ1n) is 13.2. The summed E-state index contributed by atoms with van der Waals surface area (Å²) in [4.78, 5) is 13.2. The van der Waals surface area contributed by atoms with E-state index in [2.05, 4.69) is 4.90 Å². The summed E-state index contributed by atoms with van der Waals surface area (Å²) in [6, 6.07) is 0. The molecule has 0 spiro atoms. The standard InChI is InChI=1S/C25H51NO11/c1-4-37-25(27)5-7-28-9-11-30-13-15-32-17-19-34-21-23-36-24-22-35-20-18-33-16-14-31-12-10-29-8-6-26(2)3/h4-24H2,1-3H3. The maximum atomic E-state index is 11.1. The minimum atomic E-state index is -0.247. The van der Waals surface area contributed by atoms with Crippen molar-refractivity contribution in [2.45, 2.75) is 13.3 Å². The fraction of sp³-hybridized carbons (Fsp3) is 0.960. The van der Waals surface area contributed by atoms with E-state index < -0.39 is 0 Å². The molecule has 222 valence electrons. The van der Waals surface area contributed by atoms with Gasteiger partial charge in [0.1, 0.15) is 0 Å². The molecule has 0 aromatic rings. The quantitative estimate of drug-likeness (QED) is 0.0907. The zero-order valence-electron chi connectivity index (χ0n) is 23.3. The lowest BCUT2D eigenvalue weighted by Gasteiger charge is -2.10. The van der Waals surface area contributed by atoms with Gasteiger partial charge in [-0.2, -0.15) is 0 Å². The lowest BCUT2D eigenvalue weighted by molar-refractivity contribution is -0.144. The molecule has 0 aliphatic heterocycles. The number of ether oxygens (including phenoxy) is 10. The van der Waals surface area contributed by atoms with E-state index in [0.717, 1.165) is 6.54 Å². The molecule has 0 atom stereocenters. The lowest BCUT2D eigenvalue weighted by Crippen LogP contribution is -2.19. The van der Waals surface area contributed by atoms with Crippen LogP contribution >= 0.6 is 0 Å². The van der Waals surface area contributed by atoms with Crippen molar-refractivity contribution in [3.63, 3.8) is 0 Å². The van der Waals surface area contributed by atoms with E-state index in [9.17, 15) is 4.79 Å². The predicted molar refractivity (Wildman–Crippen MR) is 137 cm³/mol. The maximum Gasteiger partial charge on any atom is 0.308 e. The van der Waals surface area contributed by atoms with Gasteiger partial charge in [0.2, 0.25) is 0 Å². The van der Waals surface area contributed by atoms with Crippen molar-refractivity contribution >= 4 is 5.97 Å². The van der Waals surface area contributed by atoms with Gasteiger partial charge in [-0.1, -0.05) is 0 Å². The molecular formula is C25H51NO11. The second-order valence-corrected chi connectivity index (χ2v) is 7.87. The molecule has 0 aromatic carbocycles. The number of hydrogen-bond donors (Lipinski definition) is 0. The summed E-state index contributed by atoms with van der Waals surface area (Å²) in [5.74, 6) is -0.247. The highest BCUT2D eigenvalue weighted by Crippen LogP contribution is 1.89. The third kappa shape index (κ3) is 33.0. The fourth-order valence-electron chi connectivity index (χ4n) is 2.50. The Hall–Kier alpha value is -0.930. The number of carbonyl (C=O) groups excluding carboxylic acids is 1. The van der Waals surface area contributed by atoms with Crippen LogP contribution in [0.15, 0.2) is 0 Å². The van der Waals surface area contributed by atoms with Crippen LogP contribution in [0.1, 0.15) is 13.3 Å². The van der Waals surface area contributed by atoms with E-state index in [0.29, 0.717) is 126 Å². The first-order chi connectivity index (χ1) is 18.2. The second-order valence-electron chi connectivity index (χ2n) is 7.87. The van der Waals surface area contributed by atoms with Gasteiger partial charge in [0, 0.05) is 6.54 Å². The molecule has 0 aliphatic carbocycles. The lowest BCUT2D eigenvalue weighted by atomic mass is 10.5. The van der Waals surface area contributed by atoms with Gasteiger partial charge < -0.3 is 52.3 Å². The number of rotatable bonds is 31.